The monoisotopic (exact) mass is 360 g/mol. The molecule has 0 saturated carbocycles. The van der Waals surface area contributed by atoms with Gasteiger partial charge >= 0.3 is 0 Å². The van der Waals surface area contributed by atoms with E-state index in [1.165, 1.54) is 10.6 Å². The van der Waals surface area contributed by atoms with Crippen LogP contribution < -0.4 is 5.56 Å². The first kappa shape index (κ1) is 15.6. The highest BCUT2D eigenvalue weighted by Gasteiger charge is 2.15. The molecular formula is C19H16N6O2. The van der Waals surface area contributed by atoms with Crippen LogP contribution in [0.2, 0.25) is 0 Å². The number of hydrogen-bond acceptors (Lipinski definition) is 5. The predicted molar refractivity (Wildman–Crippen MR) is 100 cm³/mol. The van der Waals surface area contributed by atoms with Gasteiger partial charge < -0.3 is 9.40 Å². The van der Waals surface area contributed by atoms with E-state index in [4.69, 9.17) is 4.42 Å². The Morgan fingerprint density at radius 3 is 2.81 bits per heavy atom. The van der Waals surface area contributed by atoms with Gasteiger partial charge in [-0.25, -0.2) is 4.98 Å². The highest BCUT2D eigenvalue weighted by molar-refractivity contribution is 5.84. The van der Waals surface area contributed by atoms with Crippen LogP contribution in [-0.4, -0.2) is 29.4 Å². The molecule has 0 unspecified atom stereocenters. The zero-order valence-corrected chi connectivity index (χ0v) is 14.8. The SMILES string of the molecule is CCn1ncc2cc(-c3cc(=O)n4ncc(-c5ncc(C)o5)c4[nH]3)ccc21. The molecule has 134 valence electrons. The van der Waals surface area contributed by atoms with Crippen LogP contribution >= 0.6 is 0 Å². The minimum Gasteiger partial charge on any atom is -0.441 e. The van der Waals surface area contributed by atoms with Gasteiger partial charge in [-0.2, -0.15) is 14.7 Å². The van der Waals surface area contributed by atoms with Crippen molar-refractivity contribution in [2.24, 2.45) is 0 Å². The summed E-state index contributed by atoms with van der Waals surface area (Å²) in [6, 6.07) is 7.54. The van der Waals surface area contributed by atoms with Crippen LogP contribution in [0.4, 0.5) is 0 Å². The zero-order valence-electron chi connectivity index (χ0n) is 14.8. The summed E-state index contributed by atoms with van der Waals surface area (Å²) in [5.41, 5.74) is 3.62. The number of rotatable bonds is 3. The van der Waals surface area contributed by atoms with Gasteiger partial charge in [0.1, 0.15) is 11.3 Å². The number of aromatic amines is 1. The van der Waals surface area contributed by atoms with Gasteiger partial charge in [-0.15, -0.1) is 0 Å². The molecule has 0 aliphatic rings. The third kappa shape index (κ3) is 2.37. The van der Waals surface area contributed by atoms with Crippen molar-refractivity contribution in [3.8, 4) is 22.7 Å². The van der Waals surface area contributed by atoms with Crippen LogP contribution in [0, 0.1) is 6.92 Å². The minimum atomic E-state index is -0.224. The van der Waals surface area contributed by atoms with Gasteiger partial charge in [0, 0.05) is 18.0 Å². The summed E-state index contributed by atoms with van der Waals surface area (Å²) in [7, 11) is 0. The lowest BCUT2D eigenvalue weighted by atomic mass is 10.1. The first-order valence-electron chi connectivity index (χ1n) is 8.64. The molecule has 0 radical (unpaired) electrons. The molecule has 0 saturated heterocycles. The second-order valence-electron chi connectivity index (χ2n) is 6.35. The van der Waals surface area contributed by atoms with Gasteiger partial charge in [-0.05, 0) is 31.5 Å². The number of nitrogens with one attached hydrogen (secondary N) is 1. The first-order chi connectivity index (χ1) is 13.1. The number of benzene rings is 1. The average Bonchev–Trinajstić information content (AvgIpc) is 3.38. The molecule has 5 aromatic rings. The van der Waals surface area contributed by atoms with Crippen LogP contribution in [0.25, 0.3) is 39.3 Å². The molecule has 1 aromatic carbocycles. The van der Waals surface area contributed by atoms with Gasteiger partial charge in [0.2, 0.25) is 5.89 Å². The third-order valence-electron chi connectivity index (χ3n) is 4.60. The minimum absolute atomic E-state index is 0.224. The molecule has 0 fully saturated rings. The third-order valence-corrected chi connectivity index (χ3v) is 4.60. The first-order valence-corrected chi connectivity index (χ1v) is 8.64. The fourth-order valence-electron chi connectivity index (χ4n) is 3.28. The molecule has 4 aromatic heterocycles. The molecule has 0 aliphatic carbocycles. The topological polar surface area (TPSA) is 94.0 Å². The number of nitrogens with zero attached hydrogens (tertiary/aromatic N) is 5. The standard InChI is InChI=1S/C19H16N6O2/c1-3-24-16-5-4-12(6-13(16)9-21-24)15-7-17(26)25-18(23-15)14(10-22-25)19-20-8-11(2)27-19/h4-10,23H,3H2,1-2H3. The van der Waals surface area contributed by atoms with E-state index in [1.807, 2.05) is 36.0 Å². The number of hydrogen-bond donors (Lipinski definition) is 1. The number of H-pyrrole nitrogens is 1. The Bertz CT molecular complexity index is 1350. The van der Waals surface area contributed by atoms with Gasteiger partial charge in [-0.3, -0.25) is 9.48 Å². The van der Waals surface area contributed by atoms with Crippen molar-refractivity contribution in [3.05, 3.63) is 59.0 Å². The van der Waals surface area contributed by atoms with Crippen molar-refractivity contribution in [3.63, 3.8) is 0 Å². The summed E-state index contributed by atoms with van der Waals surface area (Å²) in [5, 5.41) is 9.56. The van der Waals surface area contributed by atoms with Crippen LogP contribution in [-0.2, 0) is 6.54 Å². The van der Waals surface area contributed by atoms with E-state index in [0.717, 1.165) is 23.0 Å². The van der Waals surface area contributed by atoms with E-state index in [9.17, 15) is 4.79 Å². The number of aromatic nitrogens is 6. The number of oxazole rings is 1. The summed E-state index contributed by atoms with van der Waals surface area (Å²) < 4.78 is 8.84. The lowest BCUT2D eigenvalue weighted by Crippen LogP contribution is -2.14. The second kappa shape index (κ2) is 5.66. The van der Waals surface area contributed by atoms with E-state index >= 15 is 0 Å². The molecule has 0 bridgehead atoms. The summed E-state index contributed by atoms with van der Waals surface area (Å²) in [5.74, 6) is 1.12. The highest BCUT2D eigenvalue weighted by atomic mass is 16.4. The molecule has 1 N–H and O–H groups in total. The molecule has 0 amide bonds. The molecule has 0 spiro atoms. The van der Waals surface area contributed by atoms with Gasteiger partial charge in [0.25, 0.3) is 5.56 Å². The fraction of sp³-hybridized carbons (Fsp3) is 0.158. The summed E-state index contributed by atoms with van der Waals surface area (Å²) in [6.07, 6.45) is 5.05. The fourth-order valence-corrected chi connectivity index (χ4v) is 3.28. The Kier molecular flexibility index (Phi) is 3.27. The normalized spacial score (nSPS) is 11.6. The summed E-state index contributed by atoms with van der Waals surface area (Å²) in [4.78, 5) is 20.1. The van der Waals surface area contributed by atoms with Crippen LogP contribution in [0.1, 0.15) is 12.7 Å². The van der Waals surface area contributed by atoms with E-state index in [1.54, 1.807) is 12.4 Å². The van der Waals surface area contributed by atoms with E-state index in [2.05, 4.69) is 27.1 Å². The van der Waals surface area contributed by atoms with Crippen molar-refractivity contribution in [1.29, 1.82) is 0 Å². The molecule has 8 heteroatoms. The van der Waals surface area contributed by atoms with Crippen LogP contribution in [0.5, 0.6) is 0 Å². The van der Waals surface area contributed by atoms with Gasteiger partial charge in [0.15, 0.2) is 5.65 Å². The summed E-state index contributed by atoms with van der Waals surface area (Å²) >= 11 is 0. The number of fused-ring (bicyclic) bond motifs is 2. The van der Waals surface area contributed by atoms with Crippen molar-refractivity contribution in [1.82, 2.24) is 29.4 Å². The molecule has 4 heterocycles. The number of aryl methyl sites for hydroxylation is 2. The quantitative estimate of drug-likeness (QED) is 0.534. The Morgan fingerprint density at radius 1 is 1.15 bits per heavy atom. The molecule has 0 aliphatic heterocycles. The lowest BCUT2D eigenvalue weighted by molar-refractivity contribution is 0.543. The van der Waals surface area contributed by atoms with E-state index < -0.39 is 0 Å². The van der Waals surface area contributed by atoms with Gasteiger partial charge in [-0.1, -0.05) is 6.07 Å². The Balaban J connectivity index is 1.70. The predicted octanol–water partition coefficient (Wildman–Crippen LogP) is 3.02. The molecule has 27 heavy (non-hydrogen) atoms. The second-order valence-corrected chi connectivity index (χ2v) is 6.35. The molecular weight excluding hydrogens is 344 g/mol. The lowest BCUT2D eigenvalue weighted by Gasteiger charge is -2.05. The van der Waals surface area contributed by atoms with Crippen molar-refractivity contribution < 1.29 is 4.42 Å². The van der Waals surface area contributed by atoms with E-state index in [0.29, 0.717) is 28.6 Å². The maximum atomic E-state index is 12.5. The highest BCUT2D eigenvalue weighted by Crippen LogP contribution is 2.26. The Labute approximate surface area is 153 Å². The molecule has 5 rings (SSSR count). The smallest absolute Gasteiger partial charge is 0.274 e. The average molecular weight is 360 g/mol. The van der Waals surface area contributed by atoms with Crippen molar-refractivity contribution in [2.45, 2.75) is 20.4 Å². The van der Waals surface area contributed by atoms with Crippen LogP contribution in [0.15, 0.2) is 52.1 Å². The van der Waals surface area contributed by atoms with E-state index in [-0.39, 0.29) is 5.56 Å². The van der Waals surface area contributed by atoms with Crippen molar-refractivity contribution in [2.75, 3.05) is 0 Å². The maximum Gasteiger partial charge on any atom is 0.274 e. The van der Waals surface area contributed by atoms with Crippen LogP contribution in [0.3, 0.4) is 0 Å². The summed E-state index contributed by atoms with van der Waals surface area (Å²) in [6.45, 7) is 4.68. The maximum absolute atomic E-state index is 12.5. The Hall–Kier alpha value is -3.68. The van der Waals surface area contributed by atoms with Crippen molar-refractivity contribution >= 4 is 16.6 Å². The molecule has 8 nitrogen and oxygen atoms in total. The Morgan fingerprint density at radius 2 is 2.04 bits per heavy atom. The van der Waals surface area contributed by atoms with Gasteiger partial charge in [0.05, 0.1) is 29.8 Å². The largest absolute Gasteiger partial charge is 0.441 e. The zero-order chi connectivity index (χ0) is 18.5. The molecule has 0 atom stereocenters.